The van der Waals surface area contributed by atoms with Gasteiger partial charge in [-0.1, -0.05) is 13.3 Å². The first-order valence-corrected chi connectivity index (χ1v) is 8.59. The highest BCUT2D eigenvalue weighted by atomic mass is 32.1. The van der Waals surface area contributed by atoms with Crippen molar-refractivity contribution in [1.29, 1.82) is 0 Å². The lowest BCUT2D eigenvalue weighted by molar-refractivity contribution is 0.494. The minimum atomic E-state index is 0.382. The molecule has 1 aromatic heterocycles. The highest BCUT2D eigenvalue weighted by Gasteiger charge is 2.37. The van der Waals surface area contributed by atoms with E-state index in [0.717, 1.165) is 18.4 Å². The van der Waals surface area contributed by atoms with Crippen molar-refractivity contribution in [2.24, 2.45) is 11.8 Å². The third-order valence-electron chi connectivity index (χ3n) is 4.65. The zero-order chi connectivity index (χ0) is 13.2. The Balaban J connectivity index is 1.62. The number of anilines is 1. The maximum absolute atomic E-state index is 4.85. The number of hydrogen-bond donors (Lipinski definition) is 1. The Morgan fingerprint density at radius 1 is 1.42 bits per heavy atom. The van der Waals surface area contributed by atoms with Gasteiger partial charge < -0.3 is 10.2 Å². The van der Waals surface area contributed by atoms with Crippen LogP contribution < -0.4 is 10.2 Å². The molecule has 1 aromatic rings. The van der Waals surface area contributed by atoms with Crippen LogP contribution in [0, 0.1) is 11.8 Å². The first-order valence-electron chi connectivity index (χ1n) is 7.71. The average Bonchev–Trinajstić information content (AvgIpc) is 3.08. The van der Waals surface area contributed by atoms with E-state index in [0.29, 0.717) is 6.04 Å². The summed E-state index contributed by atoms with van der Waals surface area (Å²) in [6.07, 6.45) is 5.50. The highest BCUT2D eigenvalue weighted by molar-refractivity contribution is 7.13. The van der Waals surface area contributed by atoms with Gasteiger partial charge in [0.2, 0.25) is 0 Å². The summed E-state index contributed by atoms with van der Waals surface area (Å²) in [4.78, 5) is 7.38. The van der Waals surface area contributed by atoms with Crippen molar-refractivity contribution in [3.63, 3.8) is 0 Å². The van der Waals surface area contributed by atoms with Gasteiger partial charge in [-0.25, -0.2) is 4.98 Å². The maximum Gasteiger partial charge on any atom is 0.185 e. The first kappa shape index (κ1) is 13.4. The minimum Gasteiger partial charge on any atom is -0.348 e. The molecule has 3 unspecified atom stereocenters. The molecular formula is C15H25N3S. The number of rotatable bonds is 5. The van der Waals surface area contributed by atoms with Crippen molar-refractivity contribution in [2.75, 3.05) is 24.5 Å². The lowest BCUT2D eigenvalue weighted by Crippen LogP contribution is -2.22. The number of hydrogen-bond acceptors (Lipinski definition) is 4. The molecule has 0 amide bonds. The zero-order valence-electron chi connectivity index (χ0n) is 12.1. The van der Waals surface area contributed by atoms with Crippen molar-refractivity contribution >= 4 is 16.5 Å². The second-order valence-corrected chi connectivity index (χ2v) is 6.92. The molecule has 1 aliphatic carbocycles. The molecule has 0 radical (unpaired) electrons. The molecule has 0 aromatic carbocycles. The monoisotopic (exact) mass is 279 g/mol. The van der Waals surface area contributed by atoms with Crippen molar-refractivity contribution in [1.82, 2.24) is 10.3 Å². The van der Waals surface area contributed by atoms with E-state index in [-0.39, 0.29) is 0 Å². The molecule has 106 valence electrons. The molecule has 3 nitrogen and oxygen atoms in total. The lowest BCUT2D eigenvalue weighted by atomic mass is 10.0. The number of nitrogens with zero attached hydrogens (tertiary/aromatic N) is 2. The van der Waals surface area contributed by atoms with Gasteiger partial charge in [-0.2, -0.15) is 0 Å². The van der Waals surface area contributed by atoms with Gasteiger partial charge >= 0.3 is 0 Å². The number of aromatic nitrogens is 1. The number of thiazole rings is 1. The minimum absolute atomic E-state index is 0.382. The van der Waals surface area contributed by atoms with Crippen molar-refractivity contribution in [3.8, 4) is 0 Å². The van der Waals surface area contributed by atoms with Crippen LogP contribution in [0.15, 0.2) is 5.38 Å². The smallest absolute Gasteiger partial charge is 0.185 e. The predicted molar refractivity (Wildman–Crippen MR) is 81.9 cm³/mol. The fourth-order valence-corrected chi connectivity index (χ4v) is 4.42. The Hall–Kier alpha value is -0.610. The molecule has 0 spiro atoms. The van der Waals surface area contributed by atoms with Gasteiger partial charge in [0, 0.05) is 24.5 Å². The quantitative estimate of drug-likeness (QED) is 0.895. The molecule has 4 heteroatoms. The van der Waals surface area contributed by atoms with Crippen LogP contribution >= 0.6 is 11.3 Å². The number of fused-ring (bicyclic) bond motifs is 1. The van der Waals surface area contributed by atoms with Gasteiger partial charge in [-0.05, 0) is 44.6 Å². The standard InChI is InChI=1S/C15H25N3S/c1-3-7-16-11(2)14-10-19-15(17-14)18-8-12-5-4-6-13(12)9-18/h10-13,16H,3-9H2,1-2H3. The largest absolute Gasteiger partial charge is 0.348 e. The summed E-state index contributed by atoms with van der Waals surface area (Å²) >= 11 is 1.82. The third-order valence-corrected chi connectivity index (χ3v) is 5.57. The summed E-state index contributed by atoms with van der Waals surface area (Å²) in [7, 11) is 0. The van der Waals surface area contributed by atoms with Crippen LogP contribution in [0.2, 0.25) is 0 Å². The van der Waals surface area contributed by atoms with Crippen LogP contribution in [-0.2, 0) is 0 Å². The first-order chi connectivity index (χ1) is 9.28. The summed E-state index contributed by atoms with van der Waals surface area (Å²) in [6.45, 7) is 7.98. The van der Waals surface area contributed by atoms with E-state index in [1.54, 1.807) is 0 Å². The van der Waals surface area contributed by atoms with Gasteiger partial charge in [0.25, 0.3) is 0 Å². The van der Waals surface area contributed by atoms with Crippen LogP contribution in [0.1, 0.15) is 51.3 Å². The summed E-state index contributed by atoms with van der Waals surface area (Å²) in [5, 5.41) is 7.00. The van der Waals surface area contributed by atoms with Crippen LogP contribution in [-0.4, -0.2) is 24.6 Å². The lowest BCUT2D eigenvalue weighted by Gasteiger charge is -2.16. The predicted octanol–water partition coefficient (Wildman–Crippen LogP) is 3.44. The Morgan fingerprint density at radius 2 is 2.16 bits per heavy atom. The second-order valence-electron chi connectivity index (χ2n) is 6.09. The molecule has 0 bridgehead atoms. The molecule has 1 N–H and O–H groups in total. The third kappa shape index (κ3) is 2.79. The summed E-state index contributed by atoms with van der Waals surface area (Å²) < 4.78 is 0. The van der Waals surface area contributed by atoms with Gasteiger partial charge in [-0.15, -0.1) is 11.3 Å². The average molecular weight is 279 g/mol. The maximum atomic E-state index is 4.85. The number of nitrogens with one attached hydrogen (secondary N) is 1. The van der Waals surface area contributed by atoms with Crippen LogP contribution in [0.4, 0.5) is 5.13 Å². The van der Waals surface area contributed by atoms with Gasteiger partial charge in [0.15, 0.2) is 5.13 Å². The highest BCUT2D eigenvalue weighted by Crippen LogP contribution is 2.40. The Labute approximate surface area is 120 Å². The topological polar surface area (TPSA) is 28.2 Å². The summed E-state index contributed by atoms with van der Waals surface area (Å²) in [5.41, 5.74) is 1.21. The Kier molecular flexibility index (Phi) is 4.08. The molecule has 2 fully saturated rings. The fraction of sp³-hybridized carbons (Fsp3) is 0.800. The van der Waals surface area contributed by atoms with E-state index in [9.17, 15) is 0 Å². The van der Waals surface area contributed by atoms with Crippen molar-refractivity contribution in [2.45, 2.75) is 45.6 Å². The van der Waals surface area contributed by atoms with E-state index in [1.165, 1.54) is 49.6 Å². The van der Waals surface area contributed by atoms with Gasteiger partial charge in [-0.3, -0.25) is 0 Å². The Morgan fingerprint density at radius 3 is 2.84 bits per heavy atom. The van der Waals surface area contributed by atoms with Crippen LogP contribution in [0.25, 0.3) is 0 Å². The van der Waals surface area contributed by atoms with E-state index in [2.05, 4.69) is 29.4 Å². The molecule has 2 aliphatic rings. The van der Waals surface area contributed by atoms with E-state index >= 15 is 0 Å². The zero-order valence-corrected chi connectivity index (χ0v) is 12.9. The van der Waals surface area contributed by atoms with Gasteiger partial charge in [0.05, 0.1) is 5.69 Å². The van der Waals surface area contributed by atoms with E-state index in [1.807, 2.05) is 11.3 Å². The molecule has 3 atom stereocenters. The van der Waals surface area contributed by atoms with E-state index in [4.69, 9.17) is 4.98 Å². The molecular weight excluding hydrogens is 254 g/mol. The van der Waals surface area contributed by atoms with Crippen LogP contribution in [0.5, 0.6) is 0 Å². The molecule has 1 saturated heterocycles. The normalized spacial score (nSPS) is 27.8. The SMILES string of the molecule is CCCNC(C)c1csc(N2CC3CCCC3C2)n1. The molecule has 19 heavy (non-hydrogen) atoms. The summed E-state index contributed by atoms with van der Waals surface area (Å²) in [5.74, 6) is 1.89. The van der Waals surface area contributed by atoms with Crippen LogP contribution in [0.3, 0.4) is 0 Å². The molecule has 3 rings (SSSR count). The molecule has 1 aliphatic heterocycles. The fourth-order valence-electron chi connectivity index (χ4n) is 3.48. The summed E-state index contributed by atoms with van der Waals surface area (Å²) in [6, 6.07) is 0.382. The second kappa shape index (κ2) is 5.80. The molecule has 1 saturated carbocycles. The van der Waals surface area contributed by atoms with Crippen molar-refractivity contribution < 1.29 is 0 Å². The van der Waals surface area contributed by atoms with E-state index < -0.39 is 0 Å². The van der Waals surface area contributed by atoms with Crippen molar-refractivity contribution in [3.05, 3.63) is 11.1 Å². The Bertz CT molecular complexity index is 405. The van der Waals surface area contributed by atoms with Gasteiger partial charge in [0.1, 0.15) is 0 Å². The molecule has 2 heterocycles.